The Morgan fingerprint density at radius 2 is 1.76 bits per heavy atom. The first kappa shape index (κ1) is 20.6. The molecule has 3 aromatic rings. The maximum Gasteiger partial charge on any atom is 0.321 e. The third-order valence-corrected chi connectivity index (χ3v) is 5.27. The predicted molar refractivity (Wildman–Crippen MR) is 115 cm³/mol. The van der Waals surface area contributed by atoms with E-state index in [-0.39, 0.29) is 11.3 Å². The molecule has 150 valence electrons. The lowest BCUT2D eigenvalue weighted by molar-refractivity contribution is -0.117. The van der Waals surface area contributed by atoms with Crippen molar-refractivity contribution in [2.75, 3.05) is 12.3 Å². The number of imide groups is 1. The summed E-state index contributed by atoms with van der Waals surface area (Å²) in [6.45, 7) is 6.05. The molecule has 0 radical (unpaired) electrons. The minimum atomic E-state index is -0.545. The summed E-state index contributed by atoms with van der Waals surface area (Å²) >= 11 is 1.12. The molecule has 0 spiro atoms. The van der Waals surface area contributed by atoms with Gasteiger partial charge in [-0.3, -0.25) is 19.5 Å². The van der Waals surface area contributed by atoms with Crippen LogP contribution >= 0.6 is 11.8 Å². The fourth-order valence-electron chi connectivity index (χ4n) is 3.06. The van der Waals surface area contributed by atoms with E-state index >= 15 is 0 Å². The van der Waals surface area contributed by atoms with E-state index in [2.05, 4.69) is 15.6 Å². The lowest BCUT2D eigenvalue weighted by Crippen LogP contribution is -2.40. The second kappa shape index (κ2) is 8.91. The molecule has 0 atom stereocenters. The van der Waals surface area contributed by atoms with Crippen molar-refractivity contribution in [2.24, 2.45) is 0 Å². The van der Waals surface area contributed by atoms with Gasteiger partial charge in [0, 0.05) is 6.54 Å². The fraction of sp³-hybridized carbons (Fsp3) is 0.238. The van der Waals surface area contributed by atoms with Crippen LogP contribution in [0.15, 0.2) is 52.4 Å². The number of rotatable bonds is 5. The number of carbonyl (C=O) groups excluding carboxylic acids is 2. The number of carbonyl (C=O) groups is 2. The zero-order valence-corrected chi connectivity index (χ0v) is 17.3. The number of benzene rings is 2. The molecule has 0 fully saturated rings. The number of aromatic nitrogens is 2. The van der Waals surface area contributed by atoms with Crippen molar-refractivity contribution in [3.63, 3.8) is 0 Å². The van der Waals surface area contributed by atoms with Gasteiger partial charge in [-0.15, -0.1) is 0 Å². The van der Waals surface area contributed by atoms with E-state index in [0.29, 0.717) is 22.6 Å². The first-order chi connectivity index (χ1) is 13.9. The van der Waals surface area contributed by atoms with E-state index in [0.717, 1.165) is 28.6 Å². The molecule has 0 unspecified atom stereocenters. The van der Waals surface area contributed by atoms with E-state index in [9.17, 15) is 14.4 Å². The third-order valence-electron chi connectivity index (χ3n) is 4.33. The maximum absolute atomic E-state index is 13.3. The summed E-state index contributed by atoms with van der Waals surface area (Å²) in [5.74, 6) is -0.510. The van der Waals surface area contributed by atoms with Crippen LogP contribution in [0.25, 0.3) is 16.6 Å². The van der Waals surface area contributed by atoms with Crippen molar-refractivity contribution in [1.29, 1.82) is 0 Å². The van der Waals surface area contributed by atoms with Crippen LogP contribution in [0.3, 0.4) is 0 Å². The molecule has 0 saturated heterocycles. The predicted octanol–water partition coefficient (Wildman–Crippen LogP) is 2.94. The number of amides is 3. The first-order valence-electron chi connectivity index (χ1n) is 9.21. The summed E-state index contributed by atoms with van der Waals surface area (Å²) in [6.07, 6.45) is 0. The van der Waals surface area contributed by atoms with E-state index in [1.807, 2.05) is 38.1 Å². The second-order valence-electron chi connectivity index (χ2n) is 6.49. The molecule has 0 bridgehead atoms. The average molecular weight is 410 g/mol. The molecule has 3 rings (SSSR count). The smallest absolute Gasteiger partial charge is 0.321 e. The van der Waals surface area contributed by atoms with Gasteiger partial charge in [0.15, 0.2) is 5.16 Å². The second-order valence-corrected chi connectivity index (χ2v) is 7.43. The van der Waals surface area contributed by atoms with Crippen LogP contribution in [-0.4, -0.2) is 33.8 Å². The lowest BCUT2D eigenvalue weighted by Gasteiger charge is -2.17. The highest BCUT2D eigenvalue weighted by atomic mass is 32.2. The van der Waals surface area contributed by atoms with Crippen molar-refractivity contribution in [2.45, 2.75) is 25.9 Å². The Hall–Kier alpha value is -3.13. The van der Waals surface area contributed by atoms with Gasteiger partial charge in [0.1, 0.15) is 0 Å². The summed E-state index contributed by atoms with van der Waals surface area (Å²) in [7, 11) is 0. The third kappa shape index (κ3) is 4.48. The van der Waals surface area contributed by atoms with Gasteiger partial charge in [0.25, 0.3) is 5.56 Å². The molecule has 0 aliphatic rings. The van der Waals surface area contributed by atoms with Crippen LogP contribution in [0.4, 0.5) is 4.79 Å². The minimum absolute atomic E-state index is 0.0488. The SMILES string of the molecule is CCNC(=O)NC(=O)CSc1nc2ccccc2c(=O)n1-c1c(C)cccc1C. The van der Waals surface area contributed by atoms with Crippen LogP contribution in [0.2, 0.25) is 0 Å². The first-order valence-corrected chi connectivity index (χ1v) is 10.2. The van der Waals surface area contributed by atoms with E-state index < -0.39 is 11.9 Å². The Labute approximate surface area is 172 Å². The Balaban J connectivity index is 2.05. The summed E-state index contributed by atoms with van der Waals surface area (Å²) in [4.78, 5) is 41.6. The Kier molecular flexibility index (Phi) is 6.33. The number of hydrogen-bond donors (Lipinski definition) is 2. The molecule has 3 amide bonds. The minimum Gasteiger partial charge on any atom is -0.338 e. The molecule has 7 nitrogen and oxygen atoms in total. The van der Waals surface area contributed by atoms with Crippen molar-refractivity contribution in [3.05, 3.63) is 63.9 Å². The maximum atomic E-state index is 13.3. The molecule has 1 aromatic heterocycles. The molecule has 8 heteroatoms. The molecular weight excluding hydrogens is 388 g/mol. The molecule has 2 aromatic carbocycles. The molecule has 0 aliphatic carbocycles. The highest BCUT2D eigenvalue weighted by Crippen LogP contribution is 2.25. The Morgan fingerprint density at radius 1 is 1.07 bits per heavy atom. The highest BCUT2D eigenvalue weighted by Gasteiger charge is 2.18. The van der Waals surface area contributed by atoms with Gasteiger partial charge in [0.2, 0.25) is 5.91 Å². The van der Waals surface area contributed by atoms with Gasteiger partial charge in [-0.05, 0) is 44.0 Å². The number of nitrogens with zero attached hydrogens (tertiary/aromatic N) is 2. The zero-order valence-electron chi connectivity index (χ0n) is 16.5. The van der Waals surface area contributed by atoms with Gasteiger partial charge in [-0.1, -0.05) is 42.1 Å². The van der Waals surface area contributed by atoms with E-state index in [1.54, 1.807) is 29.7 Å². The van der Waals surface area contributed by atoms with Crippen LogP contribution in [-0.2, 0) is 4.79 Å². The van der Waals surface area contributed by atoms with Gasteiger partial charge in [-0.25, -0.2) is 9.78 Å². The molecule has 29 heavy (non-hydrogen) atoms. The number of fused-ring (bicyclic) bond motifs is 1. The topological polar surface area (TPSA) is 93.1 Å². The molecule has 2 N–H and O–H groups in total. The van der Waals surface area contributed by atoms with Crippen molar-refractivity contribution in [3.8, 4) is 5.69 Å². The zero-order chi connectivity index (χ0) is 21.0. The van der Waals surface area contributed by atoms with Gasteiger partial charge in [0.05, 0.1) is 22.3 Å². The van der Waals surface area contributed by atoms with Gasteiger partial charge < -0.3 is 5.32 Å². The van der Waals surface area contributed by atoms with Crippen molar-refractivity contribution >= 4 is 34.6 Å². The molecule has 1 heterocycles. The normalized spacial score (nSPS) is 10.7. The standard InChI is InChI=1S/C21H22N4O3S/c1-4-22-20(28)24-17(26)12-29-21-23-16-11-6-5-10-15(16)19(27)25(21)18-13(2)8-7-9-14(18)3/h5-11H,4,12H2,1-3H3,(H2,22,24,26,28). The molecule has 0 saturated carbocycles. The number of urea groups is 1. The summed E-state index contributed by atoms with van der Waals surface area (Å²) in [5, 5.41) is 5.67. The average Bonchev–Trinajstić information content (AvgIpc) is 2.68. The van der Waals surface area contributed by atoms with Crippen LogP contribution in [0.5, 0.6) is 0 Å². The summed E-state index contributed by atoms with van der Waals surface area (Å²) < 4.78 is 1.55. The Bertz CT molecular complexity index is 1120. The molecule has 0 aliphatic heterocycles. The summed E-state index contributed by atoms with van der Waals surface area (Å²) in [6, 6.07) is 12.4. The molecular formula is C21H22N4O3S. The van der Waals surface area contributed by atoms with E-state index in [4.69, 9.17) is 0 Å². The van der Waals surface area contributed by atoms with Crippen LogP contribution < -0.4 is 16.2 Å². The number of aryl methyl sites for hydroxylation is 2. The summed E-state index contributed by atoms with van der Waals surface area (Å²) in [5.41, 5.74) is 2.98. The number of thioether (sulfide) groups is 1. The largest absolute Gasteiger partial charge is 0.338 e. The monoisotopic (exact) mass is 410 g/mol. The number of nitrogens with one attached hydrogen (secondary N) is 2. The Morgan fingerprint density at radius 3 is 2.45 bits per heavy atom. The lowest BCUT2D eigenvalue weighted by atomic mass is 10.1. The quantitative estimate of drug-likeness (QED) is 0.498. The van der Waals surface area contributed by atoms with Crippen LogP contribution in [0, 0.1) is 13.8 Å². The fourth-order valence-corrected chi connectivity index (χ4v) is 3.86. The van der Waals surface area contributed by atoms with Crippen LogP contribution in [0.1, 0.15) is 18.1 Å². The van der Waals surface area contributed by atoms with Gasteiger partial charge >= 0.3 is 6.03 Å². The number of para-hydroxylation sites is 2. The van der Waals surface area contributed by atoms with E-state index in [1.165, 1.54) is 0 Å². The highest BCUT2D eigenvalue weighted by molar-refractivity contribution is 7.99. The van der Waals surface area contributed by atoms with Crippen molar-refractivity contribution in [1.82, 2.24) is 20.2 Å². The number of hydrogen-bond acceptors (Lipinski definition) is 5. The van der Waals surface area contributed by atoms with Crippen molar-refractivity contribution < 1.29 is 9.59 Å². The van der Waals surface area contributed by atoms with Gasteiger partial charge in [-0.2, -0.15) is 0 Å².